The van der Waals surface area contributed by atoms with Crippen LogP contribution in [0, 0.1) is 41.5 Å². The normalized spacial score (nSPS) is 11.1. The van der Waals surface area contributed by atoms with Crippen molar-refractivity contribution in [3.8, 4) is 44.9 Å². The fourth-order valence-electron chi connectivity index (χ4n) is 9.75. The van der Waals surface area contributed by atoms with Gasteiger partial charge in [0, 0.05) is 0 Å². The summed E-state index contributed by atoms with van der Waals surface area (Å²) in [5, 5.41) is 15.4. The van der Waals surface area contributed by atoms with Gasteiger partial charge in [-0.3, -0.25) is 0 Å². The number of benzene rings is 8. The smallest absolute Gasteiger partial charge is 0.0896 e. The summed E-state index contributed by atoms with van der Waals surface area (Å²) in [6.45, 7) is 17.5. The maximum Gasteiger partial charge on any atom is 0.0896 e. The molecular weight excluding hydrogens is 967 g/mol. The Morgan fingerprint density at radius 3 is 1.15 bits per heavy atom. The van der Waals surface area contributed by atoms with Gasteiger partial charge in [0.15, 0.2) is 0 Å². The molecule has 0 unspecified atom stereocenters. The number of fused-ring (bicyclic) bond motifs is 8. The van der Waals surface area contributed by atoms with Gasteiger partial charge in [-0.25, -0.2) is 0 Å². The molecule has 0 amide bonds. The van der Waals surface area contributed by atoms with E-state index in [0.717, 1.165) is 34.2 Å². The van der Waals surface area contributed by atoms with Crippen molar-refractivity contribution in [2.24, 2.45) is 0 Å². The van der Waals surface area contributed by atoms with Crippen LogP contribution in [0.1, 0.15) is 33.8 Å². The van der Waals surface area contributed by atoms with E-state index < -0.39 is 0 Å². The first-order chi connectivity index (χ1) is 31.9. The monoisotopic (exact) mass is 1020 g/mol. The molecule has 0 aliphatic heterocycles. The van der Waals surface area contributed by atoms with Gasteiger partial charge in [-0.05, 0) is 143 Å². The zero-order valence-corrected chi connectivity index (χ0v) is 44.9. The molecule has 0 bridgehead atoms. The van der Waals surface area contributed by atoms with Gasteiger partial charge >= 0.3 is 41.9 Å². The van der Waals surface area contributed by atoms with Crippen molar-refractivity contribution in [3.05, 3.63) is 204 Å². The number of aryl methyl sites for hydroxylation is 4. The minimum Gasteiger partial charge on any atom is -0.496 e. The molecule has 0 aliphatic rings. The molecule has 0 radical (unpaired) electrons. The summed E-state index contributed by atoms with van der Waals surface area (Å²) in [4.78, 5) is 0. The van der Waals surface area contributed by atoms with Gasteiger partial charge in [-0.1, -0.05) is 130 Å². The summed E-state index contributed by atoms with van der Waals surface area (Å²) < 4.78 is 11.8. The Morgan fingerprint density at radius 1 is 0.397 bits per heavy atom. The number of hydrogen-bond donors (Lipinski definition) is 0. The van der Waals surface area contributed by atoms with E-state index in [2.05, 4.69) is 199 Å². The first-order valence-electron chi connectivity index (χ1n) is 22.8. The SMILES string of the molecule is C[Si](C)=[Zr+2].Cc1ccc(-c2cc3c(-c4ccc5c(ccc6ccccc65)c4)c(C)c(C)cc3[cH-]2)o1.Cc1ccc(-c2cc3c(-c4ccc5c(ccc6ccccc65)c4)c(C)c(C)cc3[cH-]2)o1.Cl.Cl. The van der Waals surface area contributed by atoms with Crippen LogP contribution in [0.5, 0.6) is 0 Å². The molecular formula is C62H54Cl2O2SiZr. The molecule has 12 rings (SSSR count). The van der Waals surface area contributed by atoms with E-state index in [1.165, 1.54) is 109 Å². The fourth-order valence-corrected chi connectivity index (χ4v) is 9.75. The quantitative estimate of drug-likeness (QED) is 0.0998. The second-order valence-electron chi connectivity index (χ2n) is 18.1. The van der Waals surface area contributed by atoms with Gasteiger partial charge in [0.05, 0.1) is 23.0 Å². The van der Waals surface area contributed by atoms with Crippen LogP contribution in [-0.4, -0.2) is 5.43 Å². The molecule has 336 valence electrons. The molecule has 0 aliphatic carbocycles. The zero-order chi connectivity index (χ0) is 45.8. The third kappa shape index (κ3) is 9.37. The van der Waals surface area contributed by atoms with Gasteiger partial charge in [0.2, 0.25) is 0 Å². The summed E-state index contributed by atoms with van der Waals surface area (Å²) in [7, 11) is 0. The van der Waals surface area contributed by atoms with Crippen molar-refractivity contribution < 1.29 is 32.2 Å². The maximum absolute atomic E-state index is 5.90. The van der Waals surface area contributed by atoms with E-state index in [0.29, 0.717) is 0 Å². The van der Waals surface area contributed by atoms with E-state index >= 15 is 0 Å². The largest absolute Gasteiger partial charge is 0.496 e. The average Bonchev–Trinajstić information content (AvgIpc) is 4.14. The van der Waals surface area contributed by atoms with Crippen LogP contribution in [0.2, 0.25) is 13.1 Å². The maximum atomic E-state index is 5.90. The van der Waals surface area contributed by atoms with Crippen molar-refractivity contribution in [1.82, 2.24) is 0 Å². The third-order valence-electron chi connectivity index (χ3n) is 13.2. The first kappa shape index (κ1) is 48.7. The molecule has 68 heavy (non-hydrogen) atoms. The number of hydrogen-bond acceptors (Lipinski definition) is 2. The number of halogens is 2. The van der Waals surface area contributed by atoms with Gasteiger partial charge in [-0.15, -0.1) is 82.8 Å². The summed E-state index contributed by atoms with van der Waals surface area (Å²) >= 11 is 1.74. The molecule has 2 aromatic heterocycles. The van der Waals surface area contributed by atoms with Gasteiger partial charge in [0.25, 0.3) is 0 Å². The van der Waals surface area contributed by atoms with E-state index in [1.54, 1.807) is 23.3 Å². The molecule has 0 saturated carbocycles. The van der Waals surface area contributed by atoms with Crippen molar-refractivity contribution in [2.45, 2.75) is 54.6 Å². The van der Waals surface area contributed by atoms with Gasteiger partial charge < -0.3 is 8.83 Å². The summed E-state index contributed by atoms with van der Waals surface area (Å²) in [5.74, 6) is 3.74. The molecule has 6 heteroatoms. The van der Waals surface area contributed by atoms with E-state index in [-0.39, 0.29) is 30.2 Å². The summed E-state index contributed by atoms with van der Waals surface area (Å²) in [5.41, 5.74) is 13.0. The Bertz CT molecular complexity index is 3590. The standard InChI is InChI=1S/2C30H23O.C2H6Si.2ClH.Zr/c2*1-18-14-24-16-25(29-13-8-19(2)31-29)17-28(24)30(20(18)3)23-11-12-27-22(15-23)10-9-21-6-4-5-7-26(21)27;1-3-2;;;/h2*4-17H,1-3H3;1-2H3;2*1H;/q2*-1;;;;+2. The molecule has 0 spiro atoms. The van der Waals surface area contributed by atoms with E-state index in [4.69, 9.17) is 8.83 Å². The number of rotatable bonds is 4. The minimum atomic E-state index is 0. The molecule has 12 aromatic rings. The van der Waals surface area contributed by atoms with E-state index in [1.807, 2.05) is 26.0 Å². The van der Waals surface area contributed by atoms with Crippen LogP contribution in [0.25, 0.3) is 110 Å². The molecule has 0 fully saturated rings. The van der Waals surface area contributed by atoms with Gasteiger partial charge in [0.1, 0.15) is 0 Å². The Morgan fingerprint density at radius 2 is 0.765 bits per heavy atom. The van der Waals surface area contributed by atoms with Crippen molar-refractivity contribution >= 4 is 94.9 Å². The molecule has 2 nitrogen and oxygen atoms in total. The van der Waals surface area contributed by atoms with Crippen molar-refractivity contribution in [2.75, 3.05) is 0 Å². The van der Waals surface area contributed by atoms with E-state index in [9.17, 15) is 0 Å². The summed E-state index contributed by atoms with van der Waals surface area (Å²) in [6.07, 6.45) is 0. The fraction of sp³-hybridized carbons (Fsp3) is 0.129. The molecule has 2 heterocycles. The third-order valence-corrected chi connectivity index (χ3v) is 13.2. The summed E-state index contributed by atoms with van der Waals surface area (Å²) in [6, 6.07) is 61.7. The van der Waals surface area contributed by atoms with Crippen LogP contribution in [0.3, 0.4) is 0 Å². The topological polar surface area (TPSA) is 26.3 Å². The Labute approximate surface area is 426 Å². The van der Waals surface area contributed by atoms with Crippen molar-refractivity contribution in [3.63, 3.8) is 0 Å². The van der Waals surface area contributed by atoms with Crippen LogP contribution in [0.15, 0.2) is 179 Å². The average molecular weight is 1020 g/mol. The minimum absolute atomic E-state index is 0. The Hall–Kier alpha value is -5.74. The van der Waals surface area contributed by atoms with Crippen LogP contribution in [-0.2, 0) is 23.3 Å². The molecule has 0 saturated heterocycles. The van der Waals surface area contributed by atoms with Crippen LogP contribution < -0.4 is 0 Å². The molecule has 10 aromatic carbocycles. The molecule has 0 atom stereocenters. The second-order valence-corrected chi connectivity index (χ2v) is 27.5. The van der Waals surface area contributed by atoms with Crippen LogP contribution >= 0.6 is 24.8 Å². The Balaban J connectivity index is 0.000000166. The number of furan rings is 2. The predicted molar refractivity (Wildman–Crippen MR) is 296 cm³/mol. The van der Waals surface area contributed by atoms with Gasteiger partial charge in [-0.2, -0.15) is 0 Å². The second kappa shape index (κ2) is 20.1. The zero-order valence-electron chi connectivity index (χ0n) is 39.8. The Kier molecular flexibility index (Phi) is 14.4. The first-order valence-corrected chi connectivity index (χ1v) is 29.0. The molecule has 0 N–H and O–H groups in total. The van der Waals surface area contributed by atoms with Crippen molar-refractivity contribution in [1.29, 1.82) is 0 Å². The predicted octanol–water partition coefficient (Wildman–Crippen LogP) is 19.1. The van der Waals surface area contributed by atoms with Crippen LogP contribution in [0.4, 0.5) is 0 Å².